The fourth-order valence-corrected chi connectivity index (χ4v) is 7.94. The molecule has 3 unspecified atom stereocenters. The van der Waals surface area contributed by atoms with Gasteiger partial charge in [-0.05, 0) is 86.3 Å². The maximum Gasteiger partial charge on any atom is 0.407 e. The molecular weight excluding hydrogens is 613 g/mol. The Bertz CT molecular complexity index is 1910. The average molecular weight is 654 g/mol. The van der Waals surface area contributed by atoms with E-state index in [1.54, 1.807) is 7.11 Å². The summed E-state index contributed by atoms with van der Waals surface area (Å²) < 4.78 is 34.8. The van der Waals surface area contributed by atoms with E-state index in [2.05, 4.69) is 23.3 Å². The molecule has 250 valence electrons. The van der Waals surface area contributed by atoms with Crippen LogP contribution in [-0.2, 0) is 11.2 Å². The minimum atomic E-state index is -0.927. The van der Waals surface area contributed by atoms with Crippen molar-refractivity contribution in [3.8, 4) is 28.8 Å². The Morgan fingerprint density at radius 1 is 1.23 bits per heavy atom. The number of nitriles is 1. The van der Waals surface area contributed by atoms with E-state index in [4.69, 9.17) is 19.2 Å². The van der Waals surface area contributed by atoms with E-state index in [1.165, 1.54) is 4.90 Å². The van der Waals surface area contributed by atoms with Gasteiger partial charge in [-0.15, -0.1) is 0 Å². The number of ether oxygens (including phenoxy) is 3. The number of likely N-dealkylation sites (tertiary alicyclic amines) is 1. The van der Waals surface area contributed by atoms with Gasteiger partial charge in [0.05, 0.1) is 18.2 Å². The smallest absolute Gasteiger partial charge is 0.407 e. The van der Waals surface area contributed by atoms with Crippen LogP contribution in [0.15, 0.2) is 48.5 Å². The summed E-state index contributed by atoms with van der Waals surface area (Å²) in [5, 5.41) is 25.2. The lowest BCUT2D eigenvalue weighted by Gasteiger charge is -2.37. The van der Waals surface area contributed by atoms with Crippen LogP contribution in [0, 0.1) is 23.1 Å². The van der Waals surface area contributed by atoms with Crippen molar-refractivity contribution in [3.05, 3.63) is 59.9 Å². The lowest BCUT2D eigenvalue weighted by Crippen LogP contribution is -2.49. The van der Waals surface area contributed by atoms with Crippen LogP contribution in [0.5, 0.6) is 11.6 Å². The number of pyridine rings is 1. The summed E-state index contributed by atoms with van der Waals surface area (Å²) in [5.74, 6) is 0.475. The van der Waals surface area contributed by atoms with E-state index in [0.717, 1.165) is 36.6 Å². The van der Waals surface area contributed by atoms with Gasteiger partial charge in [-0.2, -0.15) is 5.26 Å². The fraction of sp³-hybridized carbons (Fsp3) is 0.432. The molecule has 4 aliphatic rings. The Kier molecular flexibility index (Phi) is 8.71. The van der Waals surface area contributed by atoms with Crippen molar-refractivity contribution in [1.29, 1.82) is 5.26 Å². The summed E-state index contributed by atoms with van der Waals surface area (Å²) in [6.07, 6.45) is 2.28. The van der Waals surface area contributed by atoms with Crippen LogP contribution in [0.1, 0.15) is 38.2 Å². The molecule has 1 amide bonds. The van der Waals surface area contributed by atoms with Gasteiger partial charge in [-0.25, -0.2) is 14.2 Å². The first kappa shape index (κ1) is 31.9. The molecule has 0 radical (unpaired) electrons. The van der Waals surface area contributed by atoms with Crippen LogP contribution in [-0.4, -0.2) is 84.3 Å². The third-order valence-corrected chi connectivity index (χ3v) is 10.3. The van der Waals surface area contributed by atoms with E-state index < -0.39 is 11.9 Å². The summed E-state index contributed by atoms with van der Waals surface area (Å²) in [7, 11) is 3.63. The van der Waals surface area contributed by atoms with Crippen molar-refractivity contribution in [2.45, 2.75) is 63.3 Å². The zero-order chi connectivity index (χ0) is 33.5. The monoisotopic (exact) mass is 653 g/mol. The van der Waals surface area contributed by atoms with Crippen molar-refractivity contribution < 1.29 is 28.5 Å². The highest BCUT2D eigenvalue weighted by atomic mass is 19.1. The lowest BCUT2D eigenvalue weighted by molar-refractivity contribution is 0.0512. The number of likely N-dealkylation sites (N-methyl/N-ethyl adjacent to an activating group) is 1. The number of hydrogen-bond acceptors (Lipinski definition) is 8. The largest absolute Gasteiger partial charge is 0.473 e. The van der Waals surface area contributed by atoms with Crippen molar-refractivity contribution in [2.75, 3.05) is 39.4 Å². The van der Waals surface area contributed by atoms with Crippen molar-refractivity contribution >= 4 is 33.5 Å². The number of hydrogen-bond donors (Lipinski definition) is 2. The minimum Gasteiger partial charge on any atom is -0.473 e. The van der Waals surface area contributed by atoms with Gasteiger partial charge in [0.2, 0.25) is 5.88 Å². The topological polar surface area (TPSA) is 120 Å². The Morgan fingerprint density at radius 3 is 2.79 bits per heavy atom. The van der Waals surface area contributed by atoms with Crippen LogP contribution in [0.3, 0.4) is 0 Å². The number of carbonyl (C=O) groups is 1. The normalized spacial score (nSPS) is 22.4. The highest BCUT2D eigenvalue weighted by Crippen LogP contribution is 2.46. The van der Waals surface area contributed by atoms with Gasteiger partial charge in [0.25, 0.3) is 0 Å². The predicted molar refractivity (Wildman–Crippen MR) is 181 cm³/mol. The molecule has 1 aliphatic carbocycles. The van der Waals surface area contributed by atoms with Crippen LogP contribution in [0.25, 0.3) is 32.8 Å². The van der Waals surface area contributed by atoms with Crippen LogP contribution in [0.2, 0.25) is 0 Å². The average Bonchev–Trinajstić information content (AvgIpc) is 3.81. The number of methoxy groups -OCH3 is 1. The summed E-state index contributed by atoms with van der Waals surface area (Å²) in [6.45, 7) is 3.52. The van der Waals surface area contributed by atoms with Gasteiger partial charge in [0, 0.05) is 54.7 Å². The number of aryl methyl sites for hydroxylation is 1. The quantitative estimate of drug-likeness (QED) is 0.171. The molecule has 3 saturated heterocycles. The van der Waals surface area contributed by atoms with E-state index in [0.29, 0.717) is 52.4 Å². The van der Waals surface area contributed by atoms with Gasteiger partial charge >= 0.3 is 6.09 Å². The molecule has 0 spiro atoms. The molecular formula is C37H40FN5O5. The molecule has 10 nitrogen and oxygen atoms in total. The molecule has 4 fully saturated rings. The van der Waals surface area contributed by atoms with E-state index >= 15 is 4.39 Å². The second-order valence-corrected chi connectivity index (χ2v) is 13.2. The number of benzene rings is 3. The third kappa shape index (κ3) is 5.73. The number of carboxylic acid groups (broad SMARTS) is 1. The van der Waals surface area contributed by atoms with E-state index in [9.17, 15) is 15.2 Å². The molecule has 4 aromatic rings. The Morgan fingerprint density at radius 2 is 2.06 bits per heavy atom. The van der Waals surface area contributed by atoms with Crippen molar-refractivity contribution in [2.24, 2.45) is 5.92 Å². The Hall–Kier alpha value is -4.66. The minimum absolute atomic E-state index is 0.0351. The third-order valence-electron chi connectivity index (χ3n) is 10.3. The van der Waals surface area contributed by atoms with Gasteiger partial charge in [-0.3, -0.25) is 4.90 Å². The SMILES string of the molecule is COCOc1cc(-c2c(CCC#N)cc3c(NC4C5CC4N(C(=O)O)C5)cc(O[C@@H](C)[C@@H]4CCCN4C)nc3c2F)c2ccccc2c1. The van der Waals surface area contributed by atoms with Gasteiger partial charge in [-0.1, -0.05) is 24.3 Å². The Labute approximate surface area is 279 Å². The number of rotatable bonds is 11. The lowest BCUT2D eigenvalue weighted by atomic mass is 9.79. The van der Waals surface area contributed by atoms with E-state index in [-0.39, 0.29) is 48.9 Å². The van der Waals surface area contributed by atoms with Crippen LogP contribution in [0.4, 0.5) is 14.9 Å². The molecule has 5 atom stereocenters. The zero-order valence-electron chi connectivity index (χ0n) is 27.4. The van der Waals surface area contributed by atoms with Crippen LogP contribution >= 0.6 is 0 Å². The second-order valence-electron chi connectivity index (χ2n) is 13.2. The molecule has 2 N–H and O–H groups in total. The van der Waals surface area contributed by atoms with Crippen molar-refractivity contribution in [1.82, 2.24) is 14.8 Å². The fourth-order valence-electron chi connectivity index (χ4n) is 7.94. The van der Waals surface area contributed by atoms with Gasteiger partial charge in [0.15, 0.2) is 12.6 Å². The van der Waals surface area contributed by atoms with Crippen LogP contribution < -0.4 is 14.8 Å². The molecule has 48 heavy (non-hydrogen) atoms. The number of aromatic nitrogens is 1. The highest BCUT2D eigenvalue weighted by molar-refractivity contribution is 6.03. The number of anilines is 1. The standard InChI is InChI=1S/C37H40FN5O5/c1-21(30-11-7-13-42(30)2)48-32-18-29(40-35-24-16-31(35)43(19-24)37(44)45)28-15-23(9-6-12-39)33(34(38)36(28)41-32)27-17-25(47-20-46-3)14-22-8-4-5-10-26(22)27/h4-5,8,10,14-15,17-18,21,24,30-31,35H,6-7,9,11,13,16,19-20H2,1-3H3,(H,40,41)(H,44,45)/t21-,24?,30-,31?,35?/m0/s1. The zero-order valence-corrected chi connectivity index (χ0v) is 27.4. The summed E-state index contributed by atoms with van der Waals surface area (Å²) in [6, 6.07) is 17.3. The molecule has 8 rings (SSSR count). The first-order chi connectivity index (χ1) is 23.3. The first-order valence-corrected chi connectivity index (χ1v) is 16.6. The first-order valence-electron chi connectivity index (χ1n) is 16.6. The molecule has 3 aromatic carbocycles. The maximum absolute atomic E-state index is 17.4. The highest BCUT2D eigenvalue weighted by Gasteiger charge is 2.54. The summed E-state index contributed by atoms with van der Waals surface area (Å²) in [5.41, 5.74) is 2.44. The molecule has 11 heteroatoms. The van der Waals surface area contributed by atoms with E-state index in [1.807, 2.05) is 55.5 Å². The summed E-state index contributed by atoms with van der Waals surface area (Å²) in [4.78, 5) is 20.5. The molecule has 1 aromatic heterocycles. The predicted octanol–water partition coefficient (Wildman–Crippen LogP) is 6.66. The van der Waals surface area contributed by atoms with Gasteiger partial charge < -0.3 is 29.5 Å². The number of nitrogens with zero attached hydrogens (tertiary/aromatic N) is 4. The second kappa shape index (κ2) is 13.1. The van der Waals surface area contributed by atoms with Crippen molar-refractivity contribution in [3.63, 3.8) is 0 Å². The number of nitrogens with one attached hydrogen (secondary N) is 1. The number of halogens is 1. The van der Waals surface area contributed by atoms with Gasteiger partial charge in [0.1, 0.15) is 17.4 Å². The molecule has 1 saturated carbocycles. The molecule has 4 heterocycles. The number of fused-ring (bicyclic) bond motifs is 3. The molecule has 2 bridgehead atoms. The maximum atomic E-state index is 17.4. The number of amides is 1. The Balaban J connectivity index is 1.40. The molecule has 3 aliphatic heterocycles. The summed E-state index contributed by atoms with van der Waals surface area (Å²) >= 11 is 0.